The van der Waals surface area contributed by atoms with Crippen molar-refractivity contribution in [1.82, 2.24) is 0 Å². The summed E-state index contributed by atoms with van der Waals surface area (Å²) >= 11 is 0. The Hall–Kier alpha value is -0.570. The van der Waals surface area contributed by atoms with E-state index in [1.165, 1.54) is 12.8 Å². The summed E-state index contributed by atoms with van der Waals surface area (Å²) in [5.74, 6) is 0.590. The first-order valence-electron chi connectivity index (χ1n) is 7.27. The van der Waals surface area contributed by atoms with E-state index in [9.17, 15) is 4.79 Å². The highest BCUT2D eigenvalue weighted by atomic mass is 16.6. The van der Waals surface area contributed by atoms with E-state index in [-0.39, 0.29) is 23.6 Å². The highest BCUT2D eigenvalue weighted by Gasteiger charge is 2.63. The number of carbonyl (C=O) groups excluding carboxylic acids is 1. The quantitative estimate of drug-likeness (QED) is 0.709. The van der Waals surface area contributed by atoms with Gasteiger partial charge in [-0.15, -0.1) is 0 Å². The van der Waals surface area contributed by atoms with Crippen LogP contribution >= 0.6 is 0 Å². The topological polar surface area (TPSA) is 35.5 Å². The zero-order valence-corrected chi connectivity index (χ0v) is 11.7. The Bertz CT molecular complexity index is 357. The van der Waals surface area contributed by atoms with Gasteiger partial charge >= 0.3 is 5.97 Å². The molecule has 0 aromatic heterocycles. The molecular weight excluding hydrogens is 228 g/mol. The van der Waals surface area contributed by atoms with Gasteiger partial charge in [0.1, 0.15) is 6.10 Å². The summed E-state index contributed by atoms with van der Waals surface area (Å²) in [5, 5.41) is 0. The standard InChI is InChI=1S/C15H24O3/c1-14(2)10-6-7-15(14,3)12(9-10)18-13(16)11-5-4-8-17-11/h10-12H,4-9H2,1-3H3. The van der Waals surface area contributed by atoms with Crippen molar-refractivity contribution in [2.75, 3.05) is 6.61 Å². The van der Waals surface area contributed by atoms with Gasteiger partial charge in [0.2, 0.25) is 0 Å². The molecule has 4 atom stereocenters. The fourth-order valence-corrected chi connectivity index (χ4v) is 4.29. The number of hydrogen-bond acceptors (Lipinski definition) is 3. The smallest absolute Gasteiger partial charge is 0.335 e. The van der Waals surface area contributed by atoms with Crippen molar-refractivity contribution < 1.29 is 14.3 Å². The van der Waals surface area contributed by atoms with Crippen molar-refractivity contribution in [3.8, 4) is 0 Å². The van der Waals surface area contributed by atoms with Gasteiger partial charge in [0.05, 0.1) is 0 Å². The molecule has 2 saturated carbocycles. The summed E-state index contributed by atoms with van der Waals surface area (Å²) in [7, 11) is 0. The van der Waals surface area contributed by atoms with Gasteiger partial charge in [0.15, 0.2) is 6.10 Å². The monoisotopic (exact) mass is 252 g/mol. The summed E-state index contributed by atoms with van der Waals surface area (Å²) in [5.41, 5.74) is 0.459. The number of carbonyl (C=O) groups is 1. The maximum Gasteiger partial charge on any atom is 0.335 e. The second-order valence-electron chi connectivity index (χ2n) is 7.04. The van der Waals surface area contributed by atoms with E-state index in [0.29, 0.717) is 17.9 Å². The largest absolute Gasteiger partial charge is 0.460 e. The van der Waals surface area contributed by atoms with Gasteiger partial charge in [-0.05, 0) is 43.4 Å². The molecule has 1 saturated heterocycles. The van der Waals surface area contributed by atoms with Crippen molar-refractivity contribution in [3.05, 3.63) is 0 Å². The van der Waals surface area contributed by atoms with Crippen LogP contribution in [0.15, 0.2) is 0 Å². The molecule has 102 valence electrons. The number of fused-ring (bicyclic) bond motifs is 2. The first-order valence-corrected chi connectivity index (χ1v) is 7.27. The molecule has 4 unspecified atom stereocenters. The lowest BCUT2D eigenvalue weighted by atomic mass is 9.70. The SMILES string of the molecule is CC1(C)C2CCC1(C)C(OC(=O)C1CCCO1)C2. The molecule has 3 nitrogen and oxygen atoms in total. The summed E-state index contributed by atoms with van der Waals surface area (Å²) in [4.78, 5) is 12.1. The van der Waals surface area contributed by atoms with Crippen LogP contribution in [0.1, 0.15) is 52.9 Å². The van der Waals surface area contributed by atoms with Gasteiger partial charge in [-0.3, -0.25) is 0 Å². The first kappa shape index (κ1) is 12.5. The molecule has 3 rings (SSSR count). The van der Waals surface area contributed by atoms with Gasteiger partial charge in [0, 0.05) is 12.0 Å². The van der Waals surface area contributed by atoms with E-state index in [2.05, 4.69) is 20.8 Å². The van der Waals surface area contributed by atoms with Crippen LogP contribution in [0.5, 0.6) is 0 Å². The molecular formula is C15H24O3. The normalized spacial score (nSPS) is 45.4. The minimum absolute atomic E-state index is 0.1000. The van der Waals surface area contributed by atoms with Crippen LogP contribution in [0.4, 0.5) is 0 Å². The van der Waals surface area contributed by atoms with Crippen LogP contribution in [-0.4, -0.2) is 24.8 Å². The third-order valence-electron chi connectivity index (χ3n) is 6.16. The maximum absolute atomic E-state index is 12.1. The zero-order chi connectivity index (χ0) is 13.0. The van der Waals surface area contributed by atoms with Crippen molar-refractivity contribution in [2.24, 2.45) is 16.7 Å². The molecule has 3 heteroatoms. The van der Waals surface area contributed by atoms with E-state index in [1.807, 2.05) is 0 Å². The molecule has 0 amide bonds. The van der Waals surface area contributed by atoms with Crippen LogP contribution in [0.25, 0.3) is 0 Å². The van der Waals surface area contributed by atoms with Crippen LogP contribution in [0, 0.1) is 16.7 Å². The number of rotatable bonds is 2. The molecule has 0 N–H and O–H groups in total. The average Bonchev–Trinajstić information content (AvgIpc) is 2.95. The molecule has 3 fully saturated rings. The molecule has 1 heterocycles. The Labute approximate surface area is 109 Å². The fourth-order valence-electron chi connectivity index (χ4n) is 4.29. The van der Waals surface area contributed by atoms with Crippen molar-refractivity contribution in [3.63, 3.8) is 0 Å². The third kappa shape index (κ3) is 1.56. The van der Waals surface area contributed by atoms with Crippen molar-refractivity contribution in [1.29, 1.82) is 0 Å². The Kier molecular flexibility index (Phi) is 2.74. The second kappa shape index (κ2) is 3.96. The zero-order valence-electron chi connectivity index (χ0n) is 11.7. The molecule has 2 aliphatic carbocycles. The van der Waals surface area contributed by atoms with Crippen LogP contribution in [0.2, 0.25) is 0 Å². The van der Waals surface area contributed by atoms with Gasteiger partial charge in [-0.1, -0.05) is 20.8 Å². The minimum Gasteiger partial charge on any atom is -0.460 e. The molecule has 18 heavy (non-hydrogen) atoms. The van der Waals surface area contributed by atoms with E-state index < -0.39 is 0 Å². The molecule has 0 radical (unpaired) electrons. The first-order chi connectivity index (χ1) is 8.45. The maximum atomic E-state index is 12.1. The van der Waals surface area contributed by atoms with Crippen LogP contribution in [-0.2, 0) is 14.3 Å². The van der Waals surface area contributed by atoms with Gasteiger partial charge < -0.3 is 9.47 Å². The Morgan fingerprint density at radius 1 is 1.28 bits per heavy atom. The molecule has 0 aromatic rings. The average molecular weight is 252 g/mol. The number of hydrogen-bond donors (Lipinski definition) is 0. The van der Waals surface area contributed by atoms with Crippen LogP contribution in [0.3, 0.4) is 0 Å². The molecule has 0 aromatic carbocycles. The summed E-state index contributed by atoms with van der Waals surface area (Å²) in [6.45, 7) is 7.68. The van der Waals surface area contributed by atoms with Gasteiger partial charge in [-0.25, -0.2) is 4.79 Å². The lowest BCUT2D eigenvalue weighted by molar-refractivity contribution is -0.167. The van der Waals surface area contributed by atoms with E-state index in [1.54, 1.807) is 0 Å². The molecule has 2 bridgehead atoms. The summed E-state index contributed by atoms with van der Waals surface area (Å²) in [6, 6.07) is 0. The van der Waals surface area contributed by atoms with Crippen molar-refractivity contribution in [2.45, 2.75) is 65.1 Å². The molecule has 1 aliphatic heterocycles. The highest BCUT2D eigenvalue weighted by molar-refractivity contribution is 5.75. The second-order valence-corrected chi connectivity index (χ2v) is 7.04. The predicted molar refractivity (Wildman–Crippen MR) is 68.1 cm³/mol. The predicted octanol–water partition coefficient (Wildman–Crippen LogP) is 2.92. The minimum atomic E-state index is -0.296. The lowest BCUT2D eigenvalue weighted by Gasteiger charge is -2.38. The highest BCUT2D eigenvalue weighted by Crippen LogP contribution is 2.66. The third-order valence-corrected chi connectivity index (χ3v) is 6.16. The lowest BCUT2D eigenvalue weighted by Crippen LogP contribution is -2.40. The Balaban J connectivity index is 1.70. The Morgan fingerprint density at radius 3 is 2.56 bits per heavy atom. The molecule has 0 spiro atoms. The summed E-state index contributed by atoms with van der Waals surface area (Å²) in [6.07, 6.45) is 5.14. The van der Waals surface area contributed by atoms with Gasteiger partial charge in [-0.2, -0.15) is 0 Å². The number of esters is 1. The van der Waals surface area contributed by atoms with Crippen LogP contribution < -0.4 is 0 Å². The number of ether oxygens (including phenoxy) is 2. The Morgan fingerprint density at radius 2 is 2.06 bits per heavy atom. The summed E-state index contributed by atoms with van der Waals surface area (Å²) < 4.78 is 11.2. The van der Waals surface area contributed by atoms with Crippen molar-refractivity contribution >= 4 is 5.97 Å². The van der Waals surface area contributed by atoms with Gasteiger partial charge in [0.25, 0.3) is 0 Å². The fraction of sp³-hybridized carbons (Fsp3) is 0.933. The molecule has 3 aliphatic rings. The van der Waals surface area contributed by atoms with E-state index in [0.717, 1.165) is 19.3 Å². The van der Waals surface area contributed by atoms with E-state index >= 15 is 0 Å². The van der Waals surface area contributed by atoms with E-state index in [4.69, 9.17) is 9.47 Å².